The zero-order valence-corrected chi connectivity index (χ0v) is 16.2. The summed E-state index contributed by atoms with van der Waals surface area (Å²) in [6, 6.07) is 20.6. The molecule has 1 saturated heterocycles. The maximum absolute atomic E-state index is 13.0. The zero-order valence-electron chi connectivity index (χ0n) is 15.4. The lowest BCUT2D eigenvalue weighted by Gasteiger charge is -2.37. The van der Waals surface area contributed by atoms with E-state index in [1.807, 2.05) is 66.0 Å². The first kappa shape index (κ1) is 17.6. The Bertz CT molecular complexity index is 1120. The maximum atomic E-state index is 13.0. The number of ether oxygens (including phenoxy) is 1. The van der Waals surface area contributed by atoms with Crippen LogP contribution in [-0.2, 0) is 0 Å². The Morgan fingerprint density at radius 1 is 1.03 bits per heavy atom. The number of hydrogen-bond acceptors (Lipinski definition) is 6. The Hall–Kier alpha value is -3.45. The molecule has 0 bridgehead atoms. The van der Waals surface area contributed by atoms with Crippen molar-refractivity contribution in [3.63, 3.8) is 0 Å². The van der Waals surface area contributed by atoms with Crippen molar-refractivity contribution in [2.45, 2.75) is 5.92 Å². The van der Waals surface area contributed by atoms with Crippen LogP contribution in [0.25, 0.3) is 10.7 Å². The molecule has 2 aromatic heterocycles. The molecule has 0 spiro atoms. The van der Waals surface area contributed by atoms with Crippen LogP contribution >= 0.6 is 11.3 Å². The molecule has 3 heterocycles. The highest BCUT2D eigenvalue weighted by Crippen LogP contribution is 2.32. The molecule has 0 N–H and O–H groups in total. The molecule has 5 rings (SSSR count). The summed E-state index contributed by atoms with van der Waals surface area (Å²) in [7, 11) is 0. The van der Waals surface area contributed by atoms with Gasteiger partial charge in [-0.15, -0.1) is 11.3 Å². The van der Waals surface area contributed by atoms with Gasteiger partial charge in [-0.1, -0.05) is 41.6 Å². The van der Waals surface area contributed by atoms with Gasteiger partial charge < -0.3 is 14.2 Å². The van der Waals surface area contributed by atoms with E-state index in [9.17, 15) is 4.79 Å². The number of likely N-dealkylation sites (tertiary alicyclic amines) is 1. The third kappa shape index (κ3) is 3.52. The molecule has 7 heteroatoms. The summed E-state index contributed by atoms with van der Waals surface area (Å²) in [4.78, 5) is 20.2. The molecule has 6 nitrogen and oxygen atoms in total. The first-order valence-electron chi connectivity index (χ1n) is 9.26. The Kier molecular flexibility index (Phi) is 4.57. The van der Waals surface area contributed by atoms with Gasteiger partial charge in [-0.05, 0) is 35.7 Å². The molecule has 0 atom stereocenters. The lowest BCUT2D eigenvalue weighted by molar-refractivity contribution is 0.0566. The first-order chi connectivity index (χ1) is 14.3. The van der Waals surface area contributed by atoms with Crippen LogP contribution in [-0.4, -0.2) is 34.0 Å². The predicted molar refractivity (Wildman–Crippen MR) is 109 cm³/mol. The number of rotatable bonds is 5. The summed E-state index contributed by atoms with van der Waals surface area (Å²) in [6.45, 7) is 1.09. The van der Waals surface area contributed by atoms with E-state index in [1.54, 1.807) is 22.3 Å². The van der Waals surface area contributed by atoms with Crippen LogP contribution in [0.4, 0.5) is 0 Å². The smallest absolute Gasteiger partial charge is 0.257 e. The number of nitrogens with zero attached hydrogens (tertiary/aromatic N) is 3. The average Bonchev–Trinajstić information content (AvgIpc) is 3.40. The number of thiophene rings is 1. The topological polar surface area (TPSA) is 68.5 Å². The molecule has 2 aromatic carbocycles. The van der Waals surface area contributed by atoms with Crippen LogP contribution in [0, 0.1) is 0 Å². The highest BCUT2D eigenvalue weighted by Gasteiger charge is 2.37. The molecule has 1 aliphatic heterocycles. The molecule has 1 amide bonds. The SMILES string of the molecule is O=C(c1ccccc1Oc1ccccc1)N1CC(c2nc(-c3cccs3)no2)C1. The van der Waals surface area contributed by atoms with E-state index in [2.05, 4.69) is 10.1 Å². The number of para-hydroxylation sites is 2. The summed E-state index contributed by atoms with van der Waals surface area (Å²) < 4.78 is 11.3. The Labute approximate surface area is 171 Å². The van der Waals surface area contributed by atoms with E-state index >= 15 is 0 Å². The predicted octanol–water partition coefficient (Wildman–Crippen LogP) is 4.83. The van der Waals surface area contributed by atoms with Gasteiger partial charge in [-0.2, -0.15) is 4.98 Å². The fourth-order valence-corrected chi connectivity index (χ4v) is 3.87. The normalized spacial score (nSPS) is 13.9. The minimum Gasteiger partial charge on any atom is -0.457 e. The number of aromatic nitrogens is 2. The fraction of sp³-hybridized carbons (Fsp3) is 0.136. The lowest BCUT2D eigenvalue weighted by atomic mass is 9.98. The second-order valence-electron chi connectivity index (χ2n) is 6.75. The van der Waals surface area contributed by atoms with Gasteiger partial charge in [0.05, 0.1) is 16.4 Å². The van der Waals surface area contributed by atoms with Crippen molar-refractivity contribution in [2.75, 3.05) is 13.1 Å². The molecular formula is C22H17N3O3S. The van der Waals surface area contributed by atoms with Crippen LogP contribution in [0.2, 0.25) is 0 Å². The molecule has 0 radical (unpaired) electrons. The number of amides is 1. The summed E-state index contributed by atoms with van der Waals surface area (Å²) in [5.41, 5.74) is 0.541. The standard InChI is InChI=1S/C22H17N3O3S/c26-22(17-9-4-5-10-18(17)27-16-7-2-1-3-8-16)25-13-15(14-25)21-23-20(24-28-21)19-11-6-12-29-19/h1-12,15H,13-14H2. The van der Waals surface area contributed by atoms with Crippen LogP contribution < -0.4 is 4.74 Å². The molecule has 1 fully saturated rings. The Morgan fingerprint density at radius 3 is 2.62 bits per heavy atom. The van der Waals surface area contributed by atoms with Gasteiger partial charge in [0.25, 0.3) is 5.91 Å². The van der Waals surface area contributed by atoms with Gasteiger partial charge in [0.2, 0.25) is 11.7 Å². The van der Waals surface area contributed by atoms with Crippen molar-refractivity contribution in [3.8, 4) is 22.2 Å². The Morgan fingerprint density at radius 2 is 1.83 bits per heavy atom. The van der Waals surface area contributed by atoms with E-state index in [0.717, 1.165) is 4.88 Å². The summed E-state index contributed by atoms with van der Waals surface area (Å²) in [5, 5.41) is 6.03. The minimum atomic E-state index is -0.0641. The first-order valence-corrected chi connectivity index (χ1v) is 10.1. The van der Waals surface area contributed by atoms with Gasteiger partial charge >= 0.3 is 0 Å². The van der Waals surface area contributed by atoms with Crippen molar-refractivity contribution in [3.05, 3.63) is 83.6 Å². The molecule has 0 saturated carbocycles. The second kappa shape index (κ2) is 7.52. The van der Waals surface area contributed by atoms with E-state index in [1.165, 1.54) is 0 Å². The zero-order chi connectivity index (χ0) is 19.6. The fourth-order valence-electron chi connectivity index (χ4n) is 3.23. The third-order valence-corrected chi connectivity index (χ3v) is 5.66. The lowest BCUT2D eigenvalue weighted by Crippen LogP contribution is -2.48. The van der Waals surface area contributed by atoms with Crippen molar-refractivity contribution in [1.82, 2.24) is 15.0 Å². The van der Waals surface area contributed by atoms with Gasteiger partial charge in [0.1, 0.15) is 11.5 Å². The molecule has 144 valence electrons. The van der Waals surface area contributed by atoms with E-state index in [4.69, 9.17) is 9.26 Å². The van der Waals surface area contributed by atoms with Crippen LogP contribution in [0.15, 0.2) is 76.6 Å². The molecule has 0 unspecified atom stereocenters. The van der Waals surface area contributed by atoms with Crippen LogP contribution in [0.5, 0.6) is 11.5 Å². The van der Waals surface area contributed by atoms with Gasteiger partial charge in [-0.3, -0.25) is 4.79 Å². The van der Waals surface area contributed by atoms with E-state index in [0.29, 0.717) is 41.9 Å². The number of carbonyl (C=O) groups is 1. The molecule has 1 aliphatic rings. The van der Waals surface area contributed by atoms with Crippen molar-refractivity contribution in [1.29, 1.82) is 0 Å². The highest BCUT2D eigenvalue weighted by molar-refractivity contribution is 7.13. The Balaban J connectivity index is 1.27. The van der Waals surface area contributed by atoms with Crippen molar-refractivity contribution < 1.29 is 14.1 Å². The van der Waals surface area contributed by atoms with Gasteiger partial charge in [0, 0.05) is 13.1 Å². The number of carbonyl (C=O) groups excluding carboxylic acids is 1. The van der Waals surface area contributed by atoms with E-state index < -0.39 is 0 Å². The third-order valence-electron chi connectivity index (χ3n) is 4.79. The maximum Gasteiger partial charge on any atom is 0.257 e. The number of benzene rings is 2. The number of hydrogen-bond donors (Lipinski definition) is 0. The average molecular weight is 403 g/mol. The van der Waals surface area contributed by atoms with Crippen LogP contribution in [0.1, 0.15) is 22.2 Å². The molecule has 29 heavy (non-hydrogen) atoms. The highest BCUT2D eigenvalue weighted by atomic mass is 32.1. The van der Waals surface area contributed by atoms with Crippen molar-refractivity contribution in [2.24, 2.45) is 0 Å². The molecular weight excluding hydrogens is 386 g/mol. The van der Waals surface area contributed by atoms with Gasteiger partial charge in [0.15, 0.2) is 0 Å². The summed E-state index contributed by atoms with van der Waals surface area (Å²) >= 11 is 1.57. The minimum absolute atomic E-state index is 0.0577. The van der Waals surface area contributed by atoms with Crippen LogP contribution in [0.3, 0.4) is 0 Å². The molecule has 0 aliphatic carbocycles. The largest absolute Gasteiger partial charge is 0.457 e. The van der Waals surface area contributed by atoms with E-state index in [-0.39, 0.29) is 11.8 Å². The summed E-state index contributed by atoms with van der Waals surface area (Å²) in [5.74, 6) is 2.41. The second-order valence-corrected chi connectivity index (χ2v) is 7.70. The van der Waals surface area contributed by atoms with Gasteiger partial charge in [-0.25, -0.2) is 0 Å². The van der Waals surface area contributed by atoms with Crippen molar-refractivity contribution >= 4 is 17.2 Å². The quantitative estimate of drug-likeness (QED) is 0.477. The summed E-state index contributed by atoms with van der Waals surface area (Å²) in [6.07, 6.45) is 0. The monoisotopic (exact) mass is 403 g/mol. The molecule has 4 aromatic rings.